The lowest BCUT2D eigenvalue weighted by molar-refractivity contribution is -0.266. The number of carbonyl (C=O) groups is 1. The molecule has 0 aliphatic carbocycles. The fraction of sp³-hybridized carbons (Fsp3) is 0.300. The van der Waals surface area contributed by atoms with Crippen molar-refractivity contribution in [2.24, 2.45) is 0 Å². The molecule has 0 amide bonds. The molecule has 0 fully saturated rings. The maximum absolute atomic E-state index is 12.7. The summed E-state index contributed by atoms with van der Waals surface area (Å²) in [4.78, 5) is 11.1. The Bertz CT molecular complexity index is 375. The van der Waals surface area contributed by atoms with Gasteiger partial charge in [0.05, 0.1) is 7.11 Å². The van der Waals surface area contributed by atoms with Crippen molar-refractivity contribution in [1.29, 1.82) is 0 Å². The summed E-state index contributed by atoms with van der Waals surface area (Å²) in [5.74, 6) is -1.76. The van der Waals surface area contributed by atoms with Crippen LogP contribution in [-0.2, 0) is 15.1 Å². The van der Waals surface area contributed by atoms with Gasteiger partial charge in [0.2, 0.25) is 0 Å². The van der Waals surface area contributed by atoms with Crippen molar-refractivity contribution < 1.29 is 27.8 Å². The molecule has 1 rings (SSSR count). The summed E-state index contributed by atoms with van der Waals surface area (Å²) in [6, 6.07) is 6.05. The molecule has 0 saturated heterocycles. The normalized spacial score (nSPS) is 15.3. The second-order valence-corrected chi connectivity index (χ2v) is 3.07. The van der Waals surface area contributed by atoms with Gasteiger partial charge in [0.25, 0.3) is 5.60 Å². The average molecular weight is 234 g/mol. The summed E-state index contributed by atoms with van der Waals surface area (Å²) < 4.78 is 42.0. The van der Waals surface area contributed by atoms with Crippen LogP contribution in [0.4, 0.5) is 13.2 Å². The van der Waals surface area contributed by atoms with Crippen LogP contribution in [0.15, 0.2) is 30.3 Å². The van der Waals surface area contributed by atoms with E-state index in [1.807, 2.05) is 0 Å². The number of rotatable bonds is 2. The molecule has 0 aliphatic heterocycles. The molecule has 0 bridgehead atoms. The number of hydrogen-bond donors (Lipinski definition) is 1. The molecule has 1 N–H and O–H groups in total. The van der Waals surface area contributed by atoms with Crippen LogP contribution in [0.2, 0.25) is 0 Å². The Morgan fingerprint density at radius 3 is 2.12 bits per heavy atom. The largest absolute Gasteiger partial charge is 0.466 e. The lowest BCUT2D eigenvalue weighted by Gasteiger charge is -2.27. The molecule has 3 nitrogen and oxygen atoms in total. The Labute approximate surface area is 89.5 Å². The zero-order chi connectivity index (χ0) is 12.4. The summed E-state index contributed by atoms with van der Waals surface area (Å²) in [6.07, 6.45) is -5.14. The molecule has 1 aromatic carbocycles. The molecule has 6 heteroatoms. The van der Waals surface area contributed by atoms with Gasteiger partial charge in [0.1, 0.15) is 0 Å². The first-order chi connectivity index (χ1) is 7.34. The second kappa shape index (κ2) is 4.13. The molecule has 0 spiro atoms. The Hall–Kier alpha value is -1.56. The van der Waals surface area contributed by atoms with Gasteiger partial charge >= 0.3 is 12.1 Å². The van der Waals surface area contributed by atoms with Crippen molar-refractivity contribution in [3.05, 3.63) is 35.9 Å². The SMILES string of the molecule is COC(=O)[C@@](O)(c1ccccc1)C(F)(F)F. The van der Waals surface area contributed by atoms with E-state index in [1.165, 1.54) is 18.2 Å². The smallest absolute Gasteiger partial charge is 0.432 e. The lowest BCUT2D eigenvalue weighted by Crippen LogP contribution is -2.49. The monoisotopic (exact) mass is 234 g/mol. The minimum Gasteiger partial charge on any atom is -0.466 e. The van der Waals surface area contributed by atoms with Gasteiger partial charge in [-0.05, 0) is 0 Å². The number of ether oxygens (including phenoxy) is 1. The summed E-state index contributed by atoms with van der Waals surface area (Å²) in [5, 5.41) is 9.49. The molecular weight excluding hydrogens is 225 g/mol. The third-order valence-corrected chi connectivity index (χ3v) is 2.08. The standard InChI is InChI=1S/C10H9F3O3/c1-16-8(14)9(15,10(11,12)13)7-5-3-2-4-6-7/h2-6,15H,1H3/t9-/m0/s1. The molecule has 0 aromatic heterocycles. The summed E-state index contributed by atoms with van der Waals surface area (Å²) in [7, 11) is 0.780. The van der Waals surface area contributed by atoms with Crippen molar-refractivity contribution in [2.75, 3.05) is 7.11 Å². The van der Waals surface area contributed by atoms with E-state index in [1.54, 1.807) is 0 Å². The van der Waals surface area contributed by atoms with E-state index in [-0.39, 0.29) is 0 Å². The minimum absolute atomic E-state index is 0.575. The zero-order valence-corrected chi connectivity index (χ0v) is 8.28. The molecule has 88 valence electrons. The fourth-order valence-corrected chi connectivity index (χ4v) is 1.22. The van der Waals surface area contributed by atoms with E-state index in [9.17, 15) is 23.1 Å². The molecule has 0 heterocycles. The van der Waals surface area contributed by atoms with Gasteiger partial charge < -0.3 is 9.84 Å². The Morgan fingerprint density at radius 2 is 1.75 bits per heavy atom. The van der Waals surface area contributed by atoms with Crippen LogP contribution in [0.5, 0.6) is 0 Å². The van der Waals surface area contributed by atoms with Crippen LogP contribution in [0.1, 0.15) is 5.56 Å². The number of hydrogen-bond acceptors (Lipinski definition) is 3. The number of esters is 1. The Balaban J connectivity index is 3.32. The summed E-state index contributed by atoms with van der Waals surface area (Å²) in [6.45, 7) is 0. The number of alkyl halides is 3. The summed E-state index contributed by atoms with van der Waals surface area (Å²) in [5.41, 5.74) is -4.20. The van der Waals surface area contributed by atoms with Crippen LogP contribution in [0.25, 0.3) is 0 Å². The highest BCUT2D eigenvalue weighted by Crippen LogP contribution is 2.39. The van der Waals surface area contributed by atoms with Gasteiger partial charge in [0.15, 0.2) is 0 Å². The van der Waals surface area contributed by atoms with Gasteiger partial charge in [-0.15, -0.1) is 0 Å². The van der Waals surface area contributed by atoms with E-state index in [0.29, 0.717) is 0 Å². The van der Waals surface area contributed by atoms with Gasteiger partial charge in [-0.25, -0.2) is 4.79 Å². The van der Waals surface area contributed by atoms with Crippen molar-refractivity contribution in [3.63, 3.8) is 0 Å². The van der Waals surface area contributed by atoms with Crippen LogP contribution in [0.3, 0.4) is 0 Å². The van der Waals surface area contributed by atoms with Crippen LogP contribution >= 0.6 is 0 Å². The minimum atomic E-state index is -5.14. The Kier molecular flexibility index (Phi) is 3.23. The highest BCUT2D eigenvalue weighted by molar-refractivity contribution is 5.82. The van der Waals surface area contributed by atoms with Crippen molar-refractivity contribution in [2.45, 2.75) is 11.8 Å². The molecule has 0 unspecified atom stereocenters. The average Bonchev–Trinajstić information content (AvgIpc) is 2.26. The van der Waals surface area contributed by atoms with Crippen molar-refractivity contribution in [3.8, 4) is 0 Å². The van der Waals surface area contributed by atoms with Gasteiger partial charge in [-0.3, -0.25) is 0 Å². The first kappa shape index (κ1) is 12.5. The number of benzene rings is 1. The lowest BCUT2D eigenvalue weighted by atomic mass is 9.93. The van der Waals surface area contributed by atoms with Gasteiger partial charge in [-0.1, -0.05) is 30.3 Å². The van der Waals surface area contributed by atoms with Crippen LogP contribution < -0.4 is 0 Å². The fourth-order valence-electron chi connectivity index (χ4n) is 1.22. The van der Waals surface area contributed by atoms with E-state index < -0.39 is 23.3 Å². The highest BCUT2D eigenvalue weighted by Gasteiger charge is 2.61. The van der Waals surface area contributed by atoms with Crippen LogP contribution in [-0.4, -0.2) is 24.4 Å². The first-order valence-electron chi connectivity index (χ1n) is 4.27. The van der Waals surface area contributed by atoms with Gasteiger partial charge in [-0.2, -0.15) is 13.2 Å². The number of carbonyl (C=O) groups excluding carboxylic acids is 1. The third kappa shape index (κ3) is 1.88. The van der Waals surface area contributed by atoms with Crippen molar-refractivity contribution in [1.82, 2.24) is 0 Å². The Morgan fingerprint density at radius 1 is 1.25 bits per heavy atom. The predicted molar refractivity (Wildman–Crippen MR) is 48.4 cm³/mol. The highest BCUT2D eigenvalue weighted by atomic mass is 19.4. The molecule has 1 aromatic rings. The maximum Gasteiger partial charge on any atom is 0.432 e. The van der Waals surface area contributed by atoms with E-state index in [0.717, 1.165) is 19.2 Å². The molecule has 0 saturated carbocycles. The quantitative estimate of drug-likeness (QED) is 0.791. The molecular formula is C10H9F3O3. The maximum atomic E-state index is 12.7. The predicted octanol–water partition coefficient (Wildman–Crippen LogP) is 1.61. The van der Waals surface area contributed by atoms with E-state index >= 15 is 0 Å². The van der Waals surface area contributed by atoms with Crippen molar-refractivity contribution >= 4 is 5.97 Å². The number of halogens is 3. The zero-order valence-electron chi connectivity index (χ0n) is 8.28. The third-order valence-electron chi connectivity index (χ3n) is 2.08. The van der Waals surface area contributed by atoms with E-state index in [4.69, 9.17) is 0 Å². The molecule has 0 aliphatic rings. The van der Waals surface area contributed by atoms with Gasteiger partial charge in [0, 0.05) is 5.56 Å². The first-order valence-corrected chi connectivity index (χ1v) is 4.27. The molecule has 16 heavy (non-hydrogen) atoms. The van der Waals surface area contributed by atoms with Crippen LogP contribution in [0, 0.1) is 0 Å². The topological polar surface area (TPSA) is 46.5 Å². The second-order valence-electron chi connectivity index (χ2n) is 3.07. The van der Waals surface area contributed by atoms with E-state index in [2.05, 4.69) is 4.74 Å². The number of methoxy groups -OCH3 is 1. The molecule has 0 radical (unpaired) electrons. The molecule has 1 atom stereocenters. The summed E-state index contributed by atoms with van der Waals surface area (Å²) >= 11 is 0. The number of aliphatic hydroxyl groups is 1.